The predicted molar refractivity (Wildman–Crippen MR) is 74.0 cm³/mol. The fraction of sp³-hybridized carbons (Fsp3) is 0.250. The van der Waals surface area contributed by atoms with Crippen LogP contribution in [0.1, 0.15) is 19.4 Å². The van der Waals surface area contributed by atoms with E-state index in [9.17, 15) is 8.78 Å². The third-order valence-electron chi connectivity index (χ3n) is 3.16. The zero-order valence-electron chi connectivity index (χ0n) is 11.0. The van der Waals surface area contributed by atoms with Crippen molar-refractivity contribution in [2.24, 2.45) is 5.73 Å². The molecule has 0 unspecified atom stereocenters. The molecule has 0 spiro atoms. The number of alkyl halides is 2. The molecule has 2 N–H and O–H groups in total. The molecule has 0 fully saturated rings. The molecule has 0 bridgehead atoms. The Labute approximate surface area is 112 Å². The normalized spacial score (nSPS) is 12.5. The van der Waals surface area contributed by atoms with E-state index in [4.69, 9.17) is 5.73 Å². The molecule has 0 saturated carbocycles. The number of hydrogen-bond acceptors (Lipinski definition) is 1. The second-order valence-electron chi connectivity index (χ2n) is 5.24. The highest BCUT2D eigenvalue weighted by atomic mass is 19.3. The first-order valence-corrected chi connectivity index (χ1v) is 6.15. The molecule has 0 saturated heterocycles. The van der Waals surface area contributed by atoms with Gasteiger partial charge >= 0.3 is 0 Å². The summed E-state index contributed by atoms with van der Waals surface area (Å²) in [6, 6.07) is 15.9. The lowest BCUT2D eigenvalue weighted by Crippen LogP contribution is -2.48. The molecular weight excluding hydrogens is 244 g/mol. The van der Waals surface area contributed by atoms with Gasteiger partial charge in [0.25, 0.3) is 5.92 Å². The van der Waals surface area contributed by atoms with E-state index in [1.54, 1.807) is 12.1 Å². The van der Waals surface area contributed by atoms with Crippen LogP contribution in [0.2, 0.25) is 0 Å². The summed E-state index contributed by atoms with van der Waals surface area (Å²) in [5.41, 5.74) is 5.82. The van der Waals surface area contributed by atoms with Gasteiger partial charge in [-0.3, -0.25) is 0 Å². The number of halogens is 2. The Morgan fingerprint density at radius 1 is 0.789 bits per heavy atom. The van der Waals surface area contributed by atoms with Crippen molar-refractivity contribution in [3.05, 3.63) is 60.2 Å². The molecule has 2 rings (SSSR count). The maximum Gasteiger partial charge on any atom is 0.290 e. The zero-order valence-corrected chi connectivity index (χ0v) is 11.0. The molecule has 0 heterocycles. The average Bonchev–Trinajstić information content (AvgIpc) is 2.39. The highest BCUT2D eigenvalue weighted by molar-refractivity contribution is 5.63. The molecule has 0 radical (unpaired) electrons. The Kier molecular flexibility index (Phi) is 3.42. The minimum absolute atomic E-state index is 0.0559. The topological polar surface area (TPSA) is 26.0 Å². The van der Waals surface area contributed by atoms with Crippen molar-refractivity contribution < 1.29 is 8.78 Å². The van der Waals surface area contributed by atoms with Crippen LogP contribution in [0.25, 0.3) is 11.1 Å². The molecule has 1 nitrogen and oxygen atoms in total. The highest BCUT2D eigenvalue weighted by Crippen LogP contribution is 2.37. The molecule has 0 aliphatic heterocycles. The molecule has 100 valence electrons. The number of benzene rings is 2. The summed E-state index contributed by atoms with van der Waals surface area (Å²) in [6.07, 6.45) is 0. The Morgan fingerprint density at radius 2 is 1.26 bits per heavy atom. The predicted octanol–water partition coefficient (Wildman–Crippen LogP) is 4.18. The van der Waals surface area contributed by atoms with Crippen LogP contribution in [0, 0.1) is 0 Å². The molecular formula is C16H17F2N. The molecule has 0 atom stereocenters. The first-order valence-electron chi connectivity index (χ1n) is 6.15. The van der Waals surface area contributed by atoms with Crippen LogP contribution in [-0.4, -0.2) is 5.54 Å². The van der Waals surface area contributed by atoms with Gasteiger partial charge in [-0.2, -0.15) is 8.78 Å². The van der Waals surface area contributed by atoms with Crippen LogP contribution in [-0.2, 0) is 5.92 Å². The van der Waals surface area contributed by atoms with Gasteiger partial charge in [0.05, 0.1) is 5.54 Å². The molecule has 3 heteroatoms. The second-order valence-corrected chi connectivity index (χ2v) is 5.24. The van der Waals surface area contributed by atoms with E-state index in [-0.39, 0.29) is 5.56 Å². The van der Waals surface area contributed by atoms with E-state index in [1.165, 1.54) is 26.0 Å². The molecule has 0 aliphatic rings. The van der Waals surface area contributed by atoms with Crippen molar-refractivity contribution in [1.82, 2.24) is 0 Å². The molecule has 2 aromatic carbocycles. The van der Waals surface area contributed by atoms with Gasteiger partial charge in [0.1, 0.15) is 0 Å². The van der Waals surface area contributed by atoms with Crippen molar-refractivity contribution >= 4 is 0 Å². The Bertz CT molecular complexity index is 539. The van der Waals surface area contributed by atoms with Crippen LogP contribution in [0.4, 0.5) is 8.78 Å². The van der Waals surface area contributed by atoms with E-state index < -0.39 is 11.5 Å². The summed E-state index contributed by atoms with van der Waals surface area (Å²) in [5.74, 6) is -3.05. The second kappa shape index (κ2) is 4.74. The van der Waals surface area contributed by atoms with Crippen LogP contribution < -0.4 is 5.73 Å². The summed E-state index contributed by atoms with van der Waals surface area (Å²) in [7, 11) is 0. The minimum Gasteiger partial charge on any atom is -0.320 e. The average molecular weight is 261 g/mol. The van der Waals surface area contributed by atoms with Gasteiger partial charge in [0.2, 0.25) is 0 Å². The van der Waals surface area contributed by atoms with Crippen molar-refractivity contribution in [1.29, 1.82) is 0 Å². The summed E-state index contributed by atoms with van der Waals surface area (Å²) in [6.45, 7) is 2.66. The third kappa shape index (κ3) is 2.66. The number of rotatable bonds is 3. The van der Waals surface area contributed by atoms with E-state index >= 15 is 0 Å². The lowest BCUT2D eigenvalue weighted by atomic mass is 9.90. The monoisotopic (exact) mass is 261 g/mol. The Balaban J connectivity index is 2.35. The lowest BCUT2D eigenvalue weighted by molar-refractivity contribution is -0.0672. The maximum absolute atomic E-state index is 14.1. The van der Waals surface area contributed by atoms with E-state index in [0.29, 0.717) is 0 Å². The SMILES string of the molecule is CC(C)(N)C(F)(F)c1ccc(-c2ccccc2)cc1. The maximum atomic E-state index is 14.1. The Hall–Kier alpha value is -1.74. The van der Waals surface area contributed by atoms with Crippen LogP contribution in [0.3, 0.4) is 0 Å². The van der Waals surface area contributed by atoms with E-state index in [0.717, 1.165) is 11.1 Å². The fourth-order valence-electron chi connectivity index (χ4n) is 1.87. The van der Waals surface area contributed by atoms with Gasteiger partial charge in [-0.05, 0) is 25.0 Å². The molecule has 0 amide bonds. The summed E-state index contributed by atoms with van der Waals surface area (Å²) >= 11 is 0. The molecule has 19 heavy (non-hydrogen) atoms. The molecule has 0 aliphatic carbocycles. The number of hydrogen-bond donors (Lipinski definition) is 1. The lowest BCUT2D eigenvalue weighted by Gasteiger charge is -2.30. The van der Waals surface area contributed by atoms with Crippen molar-refractivity contribution in [2.45, 2.75) is 25.3 Å². The van der Waals surface area contributed by atoms with Crippen LogP contribution in [0.5, 0.6) is 0 Å². The Morgan fingerprint density at radius 3 is 1.74 bits per heavy atom. The van der Waals surface area contributed by atoms with Gasteiger partial charge < -0.3 is 5.73 Å². The summed E-state index contributed by atoms with van der Waals surface area (Å²) in [4.78, 5) is 0. The van der Waals surface area contributed by atoms with Crippen LogP contribution in [0.15, 0.2) is 54.6 Å². The first-order chi connectivity index (χ1) is 8.82. The van der Waals surface area contributed by atoms with Crippen molar-refractivity contribution in [2.75, 3.05) is 0 Å². The van der Waals surface area contributed by atoms with Crippen molar-refractivity contribution in [3.63, 3.8) is 0 Å². The first kappa shape index (κ1) is 13.7. The summed E-state index contributed by atoms with van der Waals surface area (Å²) < 4.78 is 28.1. The highest BCUT2D eigenvalue weighted by Gasteiger charge is 2.45. The minimum atomic E-state index is -3.05. The third-order valence-corrected chi connectivity index (χ3v) is 3.16. The molecule has 2 aromatic rings. The standard InChI is InChI=1S/C16H17F2N/c1-15(2,19)16(17,18)14-10-8-13(9-11-14)12-6-4-3-5-7-12/h3-11H,19H2,1-2H3. The van der Waals surface area contributed by atoms with E-state index in [2.05, 4.69) is 0 Å². The quantitative estimate of drug-likeness (QED) is 0.881. The number of nitrogens with two attached hydrogens (primary N) is 1. The van der Waals surface area contributed by atoms with Gasteiger partial charge in [-0.15, -0.1) is 0 Å². The smallest absolute Gasteiger partial charge is 0.290 e. The largest absolute Gasteiger partial charge is 0.320 e. The molecule has 0 aromatic heterocycles. The zero-order chi connectivity index (χ0) is 14.1. The fourth-order valence-corrected chi connectivity index (χ4v) is 1.87. The van der Waals surface area contributed by atoms with Gasteiger partial charge in [-0.25, -0.2) is 0 Å². The van der Waals surface area contributed by atoms with Crippen LogP contribution >= 0.6 is 0 Å². The summed E-state index contributed by atoms with van der Waals surface area (Å²) in [5, 5.41) is 0. The van der Waals surface area contributed by atoms with E-state index in [1.807, 2.05) is 30.3 Å². The van der Waals surface area contributed by atoms with Gasteiger partial charge in [0.15, 0.2) is 0 Å². The van der Waals surface area contributed by atoms with Gasteiger partial charge in [0, 0.05) is 5.56 Å². The van der Waals surface area contributed by atoms with Crippen molar-refractivity contribution in [3.8, 4) is 11.1 Å². The van der Waals surface area contributed by atoms with Gasteiger partial charge in [-0.1, -0.05) is 54.6 Å².